The molecule has 10 heteroatoms. The molecule has 30 heavy (non-hydrogen) atoms. The van der Waals surface area contributed by atoms with Crippen LogP contribution in [0.2, 0.25) is 0 Å². The first-order valence-electron chi connectivity index (χ1n) is 8.77. The zero-order valence-electron chi connectivity index (χ0n) is 15.3. The van der Waals surface area contributed by atoms with E-state index < -0.39 is 30.1 Å². The molecule has 0 radical (unpaired) electrons. The van der Waals surface area contributed by atoms with Crippen molar-refractivity contribution in [2.24, 2.45) is 0 Å². The quantitative estimate of drug-likeness (QED) is 0.581. The van der Waals surface area contributed by atoms with Crippen LogP contribution in [0.1, 0.15) is 22.8 Å². The highest BCUT2D eigenvalue weighted by Gasteiger charge is 2.59. The first kappa shape index (κ1) is 18.5. The molecule has 0 saturated carbocycles. The number of benzene rings is 1. The number of pyridine rings is 1. The van der Waals surface area contributed by atoms with E-state index in [4.69, 9.17) is 13.9 Å². The second-order valence-electron chi connectivity index (χ2n) is 6.77. The van der Waals surface area contributed by atoms with Crippen molar-refractivity contribution in [2.45, 2.75) is 18.4 Å². The largest absolute Gasteiger partial charge is 0.481 e. The molecule has 4 heterocycles. The highest BCUT2D eigenvalue weighted by molar-refractivity contribution is 6.10. The van der Waals surface area contributed by atoms with Crippen molar-refractivity contribution in [2.75, 3.05) is 12.0 Å². The molecule has 2 aliphatic rings. The molecule has 1 aromatic carbocycles. The first-order valence-corrected chi connectivity index (χ1v) is 8.77. The monoisotopic (exact) mass is 420 g/mol. The third kappa shape index (κ3) is 2.42. The van der Waals surface area contributed by atoms with Crippen LogP contribution in [0, 0.1) is 0 Å². The number of halogens is 4. The van der Waals surface area contributed by atoms with E-state index in [-0.39, 0.29) is 40.1 Å². The Morgan fingerprint density at radius 2 is 1.93 bits per heavy atom. The van der Waals surface area contributed by atoms with E-state index in [0.717, 1.165) is 17.0 Å². The van der Waals surface area contributed by atoms with Crippen LogP contribution < -0.4 is 14.4 Å². The summed E-state index contributed by atoms with van der Waals surface area (Å²) in [5.41, 5.74) is -2.83. The first-order chi connectivity index (χ1) is 14.2. The lowest BCUT2D eigenvalue weighted by Gasteiger charge is -2.27. The molecule has 0 bridgehead atoms. The van der Waals surface area contributed by atoms with E-state index in [1.807, 2.05) is 0 Å². The zero-order valence-corrected chi connectivity index (χ0v) is 15.3. The molecule has 0 fully saturated rings. The summed E-state index contributed by atoms with van der Waals surface area (Å²) in [5, 5.41) is 0. The minimum Gasteiger partial charge on any atom is -0.481 e. The standard InChI is InChI=1S/C20H12F4N2O4/c1-28-15-8-6-13-17(25-15)19(21)16-11(3-2-4-12(16)30-13)26(18(19)27)9-10-5-7-14(29-10)20(22,23)24/h2-8H,9H2,1H3. The van der Waals surface area contributed by atoms with Crippen molar-refractivity contribution >= 4 is 11.6 Å². The maximum Gasteiger partial charge on any atom is 0.449 e. The molecule has 154 valence electrons. The summed E-state index contributed by atoms with van der Waals surface area (Å²) >= 11 is 0. The lowest BCUT2D eigenvalue weighted by atomic mass is 9.90. The molecule has 5 rings (SSSR count). The Morgan fingerprint density at radius 1 is 1.13 bits per heavy atom. The van der Waals surface area contributed by atoms with Gasteiger partial charge in [-0.2, -0.15) is 13.2 Å². The van der Waals surface area contributed by atoms with Crippen LogP contribution in [0.5, 0.6) is 17.4 Å². The Hall–Kier alpha value is -3.56. The van der Waals surface area contributed by atoms with Gasteiger partial charge in [-0.15, -0.1) is 0 Å². The summed E-state index contributed by atoms with van der Waals surface area (Å²) in [5.74, 6) is -2.08. The fourth-order valence-electron chi connectivity index (χ4n) is 3.72. The van der Waals surface area contributed by atoms with Crippen molar-refractivity contribution in [3.05, 3.63) is 65.2 Å². The van der Waals surface area contributed by atoms with E-state index in [9.17, 15) is 18.0 Å². The number of rotatable bonds is 3. The number of nitrogens with zero attached hydrogens (tertiary/aromatic N) is 2. The molecule has 1 atom stereocenters. The number of methoxy groups -OCH3 is 1. The van der Waals surface area contributed by atoms with Crippen LogP contribution in [0.3, 0.4) is 0 Å². The Balaban J connectivity index is 1.62. The number of anilines is 1. The summed E-state index contributed by atoms with van der Waals surface area (Å²) in [4.78, 5) is 18.3. The van der Waals surface area contributed by atoms with Gasteiger partial charge in [-0.3, -0.25) is 4.79 Å². The van der Waals surface area contributed by atoms with Crippen molar-refractivity contribution in [1.82, 2.24) is 4.98 Å². The van der Waals surface area contributed by atoms with Gasteiger partial charge in [0.1, 0.15) is 17.2 Å². The van der Waals surface area contributed by atoms with E-state index in [2.05, 4.69) is 4.98 Å². The van der Waals surface area contributed by atoms with Gasteiger partial charge >= 0.3 is 6.18 Å². The minimum atomic E-state index is -4.67. The molecule has 0 spiro atoms. The summed E-state index contributed by atoms with van der Waals surface area (Å²) < 4.78 is 70.5. The molecule has 2 aliphatic heterocycles. The van der Waals surface area contributed by atoms with Gasteiger partial charge in [0, 0.05) is 6.07 Å². The summed E-state index contributed by atoms with van der Waals surface area (Å²) in [6.45, 7) is -0.393. The number of amides is 1. The Bertz CT molecular complexity index is 1190. The fraction of sp³-hybridized carbons (Fsp3) is 0.200. The molecule has 0 aliphatic carbocycles. The average Bonchev–Trinajstić information content (AvgIpc) is 3.27. The van der Waals surface area contributed by atoms with Gasteiger partial charge in [0.25, 0.3) is 11.6 Å². The molecule has 0 N–H and O–H groups in total. The number of hydrogen-bond acceptors (Lipinski definition) is 5. The van der Waals surface area contributed by atoms with Gasteiger partial charge in [0.2, 0.25) is 11.6 Å². The third-order valence-corrected chi connectivity index (χ3v) is 5.02. The highest BCUT2D eigenvalue weighted by Crippen LogP contribution is 2.57. The van der Waals surface area contributed by atoms with Crippen LogP contribution in [-0.2, 0) is 23.2 Å². The molecule has 6 nitrogen and oxygen atoms in total. The molecule has 2 aromatic heterocycles. The maximum atomic E-state index is 16.4. The van der Waals surface area contributed by atoms with Gasteiger partial charge < -0.3 is 18.8 Å². The second-order valence-corrected chi connectivity index (χ2v) is 6.77. The van der Waals surface area contributed by atoms with Gasteiger partial charge in [0.15, 0.2) is 5.75 Å². The lowest BCUT2D eigenvalue weighted by molar-refractivity contribution is -0.153. The number of alkyl halides is 4. The number of furan rings is 1. The number of aromatic nitrogens is 1. The van der Waals surface area contributed by atoms with Gasteiger partial charge in [0.05, 0.1) is 24.9 Å². The normalized spacial score (nSPS) is 19.4. The average molecular weight is 420 g/mol. The lowest BCUT2D eigenvalue weighted by Crippen LogP contribution is -2.39. The molecule has 1 amide bonds. The van der Waals surface area contributed by atoms with E-state index in [0.29, 0.717) is 0 Å². The molecule has 3 aromatic rings. The number of carbonyl (C=O) groups is 1. The number of fused-ring (bicyclic) bond motifs is 2. The van der Waals surface area contributed by atoms with E-state index >= 15 is 4.39 Å². The summed E-state index contributed by atoms with van der Waals surface area (Å²) in [6, 6.07) is 9.32. The van der Waals surface area contributed by atoms with Crippen LogP contribution in [0.15, 0.2) is 46.9 Å². The van der Waals surface area contributed by atoms with Crippen molar-refractivity contribution in [1.29, 1.82) is 0 Å². The smallest absolute Gasteiger partial charge is 0.449 e. The number of ether oxygens (including phenoxy) is 2. The van der Waals surface area contributed by atoms with Crippen molar-refractivity contribution in [3.8, 4) is 17.4 Å². The zero-order chi connectivity index (χ0) is 21.3. The van der Waals surface area contributed by atoms with Crippen molar-refractivity contribution < 1.29 is 36.2 Å². The third-order valence-electron chi connectivity index (χ3n) is 5.02. The topological polar surface area (TPSA) is 64.8 Å². The van der Waals surface area contributed by atoms with E-state index in [1.165, 1.54) is 31.4 Å². The van der Waals surface area contributed by atoms with Gasteiger partial charge in [-0.25, -0.2) is 9.37 Å². The summed E-state index contributed by atoms with van der Waals surface area (Å²) in [7, 11) is 1.35. The molecule has 1 unspecified atom stereocenters. The molecular weight excluding hydrogens is 408 g/mol. The predicted octanol–water partition coefficient (Wildman–Crippen LogP) is 4.57. The highest BCUT2D eigenvalue weighted by atomic mass is 19.4. The minimum absolute atomic E-state index is 0.0501. The van der Waals surface area contributed by atoms with Gasteiger partial charge in [-0.05, 0) is 30.3 Å². The number of carbonyl (C=O) groups excluding carboxylic acids is 1. The van der Waals surface area contributed by atoms with Crippen LogP contribution in [0.25, 0.3) is 0 Å². The van der Waals surface area contributed by atoms with Crippen LogP contribution in [0.4, 0.5) is 23.2 Å². The molecule has 0 saturated heterocycles. The number of hydrogen-bond donors (Lipinski definition) is 0. The van der Waals surface area contributed by atoms with Crippen molar-refractivity contribution in [3.63, 3.8) is 0 Å². The fourth-order valence-corrected chi connectivity index (χ4v) is 3.72. The van der Waals surface area contributed by atoms with Gasteiger partial charge in [-0.1, -0.05) is 6.07 Å². The summed E-state index contributed by atoms with van der Waals surface area (Å²) in [6.07, 6.45) is -4.67. The Morgan fingerprint density at radius 3 is 2.63 bits per heavy atom. The van der Waals surface area contributed by atoms with Crippen LogP contribution in [-0.4, -0.2) is 18.0 Å². The second kappa shape index (κ2) is 5.97. The Labute approximate surface area is 166 Å². The van der Waals surface area contributed by atoms with E-state index in [1.54, 1.807) is 6.07 Å². The SMILES string of the molecule is COc1ccc2c(n1)C1(F)C(=O)N(Cc3ccc(C(F)(F)F)o3)c3cccc(c31)O2. The Kier molecular flexibility index (Phi) is 3.68. The predicted molar refractivity (Wildman–Crippen MR) is 94.1 cm³/mol. The molecular formula is C20H12F4N2O4. The maximum absolute atomic E-state index is 16.4. The van der Waals surface area contributed by atoms with Crippen LogP contribution >= 0.6 is 0 Å².